The first kappa shape index (κ1) is 16.2. The first-order chi connectivity index (χ1) is 10.3. The molecule has 0 bridgehead atoms. The van der Waals surface area contributed by atoms with Gasteiger partial charge in [-0.25, -0.2) is 0 Å². The van der Waals surface area contributed by atoms with E-state index in [0.717, 1.165) is 24.2 Å². The minimum Gasteiger partial charge on any atom is -0.495 e. The number of hydrogen-bond acceptors (Lipinski definition) is 5. The molecule has 2 rings (SSSR count). The molecule has 1 aliphatic rings. The molecule has 21 heavy (non-hydrogen) atoms. The van der Waals surface area contributed by atoms with E-state index in [1.807, 2.05) is 19.2 Å². The summed E-state index contributed by atoms with van der Waals surface area (Å²) in [5, 5.41) is 0. The normalized spacial score (nSPS) is 19.8. The van der Waals surface area contributed by atoms with Gasteiger partial charge in [0.15, 0.2) is 0 Å². The molecule has 0 aromatic carbocycles. The Hall–Kier alpha value is -1.17. The number of hydrogen-bond donors (Lipinski definition) is 2. The lowest BCUT2D eigenvalue weighted by atomic mass is 9.83. The highest BCUT2D eigenvalue weighted by molar-refractivity contribution is 5.28. The predicted octanol–water partition coefficient (Wildman–Crippen LogP) is 2.72. The predicted molar refractivity (Wildman–Crippen MR) is 82.9 cm³/mol. The molecule has 1 aromatic heterocycles. The first-order valence-corrected chi connectivity index (χ1v) is 7.85. The molecule has 0 radical (unpaired) electrons. The number of rotatable bonds is 6. The maximum absolute atomic E-state index is 6.22. The molecule has 0 saturated heterocycles. The molecule has 1 heterocycles. The van der Waals surface area contributed by atoms with Crippen molar-refractivity contribution in [1.29, 1.82) is 0 Å². The summed E-state index contributed by atoms with van der Waals surface area (Å²) in [6.45, 7) is 2.74. The van der Waals surface area contributed by atoms with Gasteiger partial charge in [-0.3, -0.25) is 16.3 Å². The van der Waals surface area contributed by atoms with E-state index in [1.54, 1.807) is 13.3 Å². The molecular weight excluding hydrogens is 266 g/mol. The highest BCUT2D eigenvalue weighted by atomic mass is 16.5. The summed E-state index contributed by atoms with van der Waals surface area (Å²) in [5.41, 5.74) is 3.74. The van der Waals surface area contributed by atoms with E-state index < -0.39 is 0 Å². The van der Waals surface area contributed by atoms with E-state index in [9.17, 15) is 0 Å². The lowest BCUT2D eigenvalue weighted by molar-refractivity contribution is -0.0783. The molecule has 0 aliphatic heterocycles. The molecule has 118 valence electrons. The van der Waals surface area contributed by atoms with Crippen molar-refractivity contribution in [3.63, 3.8) is 0 Å². The van der Waals surface area contributed by atoms with Gasteiger partial charge in [-0.05, 0) is 31.4 Å². The van der Waals surface area contributed by atoms with E-state index in [0.29, 0.717) is 6.61 Å². The van der Waals surface area contributed by atoms with Gasteiger partial charge in [0.1, 0.15) is 5.75 Å². The molecule has 5 nitrogen and oxygen atoms in total. The third-order valence-corrected chi connectivity index (χ3v) is 4.38. The summed E-state index contributed by atoms with van der Waals surface area (Å²) in [6.07, 6.45) is 10.5. The summed E-state index contributed by atoms with van der Waals surface area (Å²) in [7, 11) is 1.65. The lowest BCUT2D eigenvalue weighted by Gasteiger charge is -2.40. The molecule has 1 atom stereocenters. The molecule has 1 fully saturated rings. The van der Waals surface area contributed by atoms with E-state index in [4.69, 9.17) is 15.3 Å². The SMILES string of the molecule is CCOC1(C(NN)c2cncc(OC)c2)CCCCCC1. The average molecular weight is 293 g/mol. The Kier molecular flexibility index (Phi) is 5.96. The van der Waals surface area contributed by atoms with Crippen molar-refractivity contribution >= 4 is 0 Å². The summed E-state index contributed by atoms with van der Waals surface area (Å²) < 4.78 is 11.5. The molecule has 1 saturated carbocycles. The van der Waals surface area contributed by atoms with Gasteiger partial charge in [0, 0.05) is 12.8 Å². The van der Waals surface area contributed by atoms with Crippen molar-refractivity contribution in [3.05, 3.63) is 24.0 Å². The van der Waals surface area contributed by atoms with Crippen LogP contribution in [0, 0.1) is 0 Å². The standard InChI is InChI=1S/C16H27N3O2/c1-3-21-16(8-6-4-5-7-9-16)15(19-17)13-10-14(20-2)12-18-11-13/h10-12,15,19H,3-9,17H2,1-2H3. The minimum atomic E-state index is -0.256. The first-order valence-electron chi connectivity index (χ1n) is 7.85. The summed E-state index contributed by atoms with van der Waals surface area (Å²) in [4.78, 5) is 4.26. The van der Waals surface area contributed by atoms with Crippen molar-refractivity contribution in [3.8, 4) is 5.75 Å². The van der Waals surface area contributed by atoms with Crippen LogP contribution >= 0.6 is 0 Å². The smallest absolute Gasteiger partial charge is 0.137 e. The van der Waals surface area contributed by atoms with Crippen LogP contribution in [0.5, 0.6) is 5.75 Å². The molecule has 3 N–H and O–H groups in total. The largest absolute Gasteiger partial charge is 0.495 e. The zero-order valence-corrected chi connectivity index (χ0v) is 13.1. The summed E-state index contributed by atoms with van der Waals surface area (Å²) >= 11 is 0. The quantitative estimate of drug-likeness (QED) is 0.479. The van der Waals surface area contributed by atoms with Crippen molar-refractivity contribution in [2.45, 2.75) is 57.1 Å². The third kappa shape index (κ3) is 3.73. The number of nitrogens with zero attached hydrogens (tertiary/aromatic N) is 1. The fourth-order valence-electron chi connectivity index (χ4n) is 3.39. The van der Waals surface area contributed by atoms with Crippen LogP contribution < -0.4 is 16.0 Å². The highest BCUT2D eigenvalue weighted by Gasteiger charge is 2.40. The van der Waals surface area contributed by atoms with Crippen LogP contribution in [0.3, 0.4) is 0 Å². The van der Waals surface area contributed by atoms with Gasteiger partial charge in [-0.1, -0.05) is 25.7 Å². The second-order valence-corrected chi connectivity index (χ2v) is 5.67. The van der Waals surface area contributed by atoms with Crippen LogP contribution in [-0.4, -0.2) is 24.3 Å². The number of methoxy groups -OCH3 is 1. The maximum Gasteiger partial charge on any atom is 0.137 e. The second kappa shape index (κ2) is 7.73. The van der Waals surface area contributed by atoms with Crippen LogP contribution in [0.15, 0.2) is 18.5 Å². The van der Waals surface area contributed by atoms with Crippen LogP contribution in [0.25, 0.3) is 0 Å². The van der Waals surface area contributed by atoms with Crippen LogP contribution in [0.1, 0.15) is 57.1 Å². The van der Waals surface area contributed by atoms with Crippen LogP contribution in [-0.2, 0) is 4.74 Å². The molecule has 1 aromatic rings. The number of ether oxygens (including phenoxy) is 2. The Bertz CT molecular complexity index is 431. The fourth-order valence-corrected chi connectivity index (χ4v) is 3.39. The van der Waals surface area contributed by atoms with Gasteiger partial charge in [0.05, 0.1) is 24.9 Å². The van der Waals surface area contributed by atoms with E-state index >= 15 is 0 Å². The highest BCUT2D eigenvalue weighted by Crippen LogP contribution is 2.40. The maximum atomic E-state index is 6.22. The Morgan fingerprint density at radius 1 is 1.29 bits per heavy atom. The molecular formula is C16H27N3O2. The number of pyridine rings is 1. The van der Waals surface area contributed by atoms with E-state index in [2.05, 4.69) is 10.4 Å². The average Bonchev–Trinajstić information content (AvgIpc) is 2.75. The Morgan fingerprint density at radius 3 is 2.57 bits per heavy atom. The van der Waals surface area contributed by atoms with Crippen molar-refractivity contribution in [2.75, 3.05) is 13.7 Å². The van der Waals surface area contributed by atoms with Crippen LogP contribution in [0.4, 0.5) is 0 Å². The number of nitrogens with one attached hydrogen (secondary N) is 1. The minimum absolute atomic E-state index is 0.0712. The van der Waals surface area contributed by atoms with E-state index in [-0.39, 0.29) is 11.6 Å². The van der Waals surface area contributed by atoms with Gasteiger partial charge in [-0.15, -0.1) is 0 Å². The lowest BCUT2D eigenvalue weighted by Crippen LogP contribution is -2.48. The zero-order chi connectivity index (χ0) is 15.1. The van der Waals surface area contributed by atoms with Crippen molar-refractivity contribution in [1.82, 2.24) is 10.4 Å². The van der Waals surface area contributed by atoms with E-state index in [1.165, 1.54) is 25.7 Å². The van der Waals surface area contributed by atoms with Gasteiger partial charge in [0.2, 0.25) is 0 Å². The Morgan fingerprint density at radius 2 is 2.00 bits per heavy atom. The van der Waals surface area contributed by atoms with Crippen molar-refractivity contribution in [2.24, 2.45) is 5.84 Å². The molecule has 1 aliphatic carbocycles. The Balaban J connectivity index is 2.33. The topological polar surface area (TPSA) is 69.4 Å². The molecule has 1 unspecified atom stereocenters. The summed E-state index contributed by atoms with van der Waals surface area (Å²) in [6, 6.07) is 1.92. The molecule has 0 amide bonds. The summed E-state index contributed by atoms with van der Waals surface area (Å²) in [5.74, 6) is 6.64. The second-order valence-electron chi connectivity index (χ2n) is 5.67. The van der Waals surface area contributed by atoms with Gasteiger partial charge >= 0.3 is 0 Å². The Labute approximate surface area is 127 Å². The van der Waals surface area contributed by atoms with Gasteiger partial charge in [0.25, 0.3) is 0 Å². The monoisotopic (exact) mass is 293 g/mol. The van der Waals surface area contributed by atoms with Crippen molar-refractivity contribution < 1.29 is 9.47 Å². The van der Waals surface area contributed by atoms with Crippen LogP contribution in [0.2, 0.25) is 0 Å². The van der Waals surface area contributed by atoms with Gasteiger partial charge in [-0.2, -0.15) is 0 Å². The number of nitrogens with two attached hydrogens (primary N) is 1. The van der Waals surface area contributed by atoms with Gasteiger partial charge < -0.3 is 9.47 Å². The zero-order valence-electron chi connectivity index (χ0n) is 13.1. The molecule has 5 heteroatoms. The number of aromatic nitrogens is 1. The third-order valence-electron chi connectivity index (χ3n) is 4.38. The number of hydrazine groups is 1. The fraction of sp³-hybridized carbons (Fsp3) is 0.688. The molecule has 0 spiro atoms.